The number of rotatable bonds is 4. The molecule has 3 nitrogen and oxygen atoms in total. The molecule has 0 heterocycles. The average Bonchev–Trinajstić information content (AvgIpc) is 2.41. The first kappa shape index (κ1) is 16.6. The largest absolute Gasteiger partial charge is 0.244 e. The Morgan fingerprint density at radius 1 is 1.33 bits per heavy atom. The van der Waals surface area contributed by atoms with Gasteiger partial charge in [0.05, 0.1) is 0 Å². The summed E-state index contributed by atoms with van der Waals surface area (Å²) in [5.41, 5.74) is -0.756. The molecule has 1 saturated carbocycles. The second-order valence-corrected chi connectivity index (χ2v) is 7.69. The summed E-state index contributed by atoms with van der Waals surface area (Å²) in [6.45, 7) is 2.10. The van der Waals surface area contributed by atoms with Crippen molar-refractivity contribution in [1.29, 1.82) is 0 Å². The smallest absolute Gasteiger partial charge is 0.207 e. The maximum atomic E-state index is 13.7. The number of halogens is 3. The number of hydrogen-bond acceptors (Lipinski definition) is 2. The average molecular weight is 338 g/mol. The fourth-order valence-corrected chi connectivity index (χ4v) is 4.54. The topological polar surface area (TPSA) is 46.2 Å². The summed E-state index contributed by atoms with van der Waals surface area (Å²) < 4.78 is 53.8. The Bertz CT molecular complexity index is 613. The molecule has 0 saturated heterocycles. The Morgan fingerprint density at radius 3 is 2.48 bits per heavy atom. The molecular formula is C14H18ClF2NO2S. The van der Waals surface area contributed by atoms with Crippen molar-refractivity contribution in [3.05, 3.63) is 29.8 Å². The van der Waals surface area contributed by atoms with E-state index in [0.29, 0.717) is 24.8 Å². The fourth-order valence-electron chi connectivity index (χ4n) is 2.61. The Hall–Kier alpha value is -0.720. The number of sulfonamides is 1. The van der Waals surface area contributed by atoms with Gasteiger partial charge < -0.3 is 0 Å². The van der Waals surface area contributed by atoms with Crippen LogP contribution in [0.4, 0.5) is 8.78 Å². The van der Waals surface area contributed by atoms with E-state index in [-0.39, 0.29) is 5.88 Å². The summed E-state index contributed by atoms with van der Waals surface area (Å²) >= 11 is 5.96. The molecule has 0 amide bonds. The van der Waals surface area contributed by atoms with Gasteiger partial charge in [-0.3, -0.25) is 0 Å². The maximum absolute atomic E-state index is 13.7. The third-order valence-electron chi connectivity index (χ3n) is 4.02. The van der Waals surface area contributed by atoms with Crippen LogP contribution in [0.25, 0.3) is 0 Å². The normalized spacial score (nSPS) is 26.8. The van der Waals surface area contributed by atoms with E-state index in [4.69, 9.17) is 11.6 Å². The molecule has 0 spiro atoms. The van der Waals surface area contributed by atoms with Crippen molar-refractivity contribution >= 4 is 21.6 Å². The van der Waals surface area contributed by atoms with Gasteiger partial charge in [0.25, 0.3) is 0 Å². The van der Waals surface area contributed by atoms with Crippen LogP contribution >= 0.6 is 11.6 Å². The molecular weight excluding hydrogens is 320 g/mol. The second-order valence-electron chi connectivity index (χ2n) is 5.78. The second kappa shape index (κ2) is 6.18. The van der Waals surface area contributed by atoms with Crippen molar-refractivity contribution in [3.63, 3.8) is 0 Å². The van der Waals surface area contributed by atoms with Gasteiger partial charge in [-0.05, 0) is 43.7 Å². The highest BCUT2D eigenvalue weighted by Crippen LogP contribution is 2.34. The molecule has 0 unspecified atom stereocenters. The lowest BCUT2D eigenvalue weighted by molar-refractivity contribution is 0.247. The molecule has 0 aromatic heterocycles. The van der Waals surface area contributed by atoms with Gasteiger partial charge in [-0.2, -0.15) is 0 Å². The van der Waals surface area contributed by atoms with E-state index in [0.717, 1.165) is 25.0 Å². The lowest BCUT2D eigenvalue weighted by Crippen LogP contribution is -2.52. The predicted molar refractivity (Wildman–Crippen MR) is 77.8 cm³/mol. The fraction of sp³-hybridized carbons (Fsp3) is 0.571. The zero-order valence-electron chi connectivity index (χ0n) is 11.7. The minimum absolute atomic E-state index is 0.127. The first-order valence-electron chi connectivity index (χ1n) is 6.83. The molecule has 1 fully saturated rings. The quantitative estimate of drug-likeness (QED) is 0.856. The summed E-state index contributed by atoms with van der Waals surface area (Å²) in [4.78, 5) is -0.549. The molecule has 7 heteroatoms. The monoisotopic (exact) mass is 337 g/mol. The molecule has 0 radical (unpaired) electrons. The first-order valence-corrected chi connectivity index (χ1v) is 8.85. The highest BCUT2D eigenvalue weighted by Gasteiger charge is 2.38. The van der Waals surface area contributed by atoms with Crippen LogP contribution in [0.3, 0.4) is 0 Å². The van der Waals surface area contributed by atoms with Crippen molar-refractivity contribution in [2.24, 2.45) is 5.92 Å². The van der Waals surface area contributed by atoms with Crippen LogP contribution in [-0.2, 0) is 10.0 Å². The molecule has 0 aliphatic heterocycles. The first-order chi connectivity index (χ1) is 9.78. The third kappa shape index (κ3) is 3.73. The van der Waals surface area contributed by atoms with Crippen LogP contribution in [0.5, 0.6) is 0 Å². The molecule has 118 valence electrons. The number of hydrogen-bond donors (Lipinski definition) is 1. The summed E-state index contributed by atoms with van der Waals surface area (Å²) in [5, 5.41) is 0. The van der Waals surface area contributed by atoms with E-state index < -0.39 is 32.1 Å². The van der Waals surface area contributed by atoms with Gasteiger partial charge in [0.2, 0.25) is 10.0 Å². The number of benzene rings is 1. The predicted octanol–water partition coefficient (Wildman–Crippen LogP) is 3.43. The summed E-state index contributed by atoms with van der Waals surface area (Å²) in [7, 11) is -4.07. The van der Waals surface area contributed by atoms with Gasteiger partial charge in [-0.15, -0.1) is 11.6 Å². The summed E-state index contributed by atoms with van der Waals surface area (Å²) in [6, 6.07) is 2.42. The van der Waals surface area contributed by atoms with Crippen molar-refractivity contribution < 1.29 is 17.2 Å². The van der Waals surface area contributed by atoms with Crippen LogP contribution in [0.1, 0.15) is 32.6 Å². The van der Waals surface area contributed by atoms with Gasteiger partial charge in [0.15, 0.2) is 0 Å². The molecule has 1 aliphatic carbocycles. The van der Waals surface area contributed by atoms with Crippen molar-refractivity contribution in [3.8, 4) is 0 Å². The summed E-state index contributed by atoms with van der Waals surface area (Å²) in [6.07, 6.45) is 2.95. The molecule has 1 N–H and O–H groups in total. The van der Waals surface area contributed by atoms with Crippen LogP contribution in [0.2, 0.25) is 0 Å². The minimum Gasteiger partial charge on any atom is -0.207 e. The molecule has 0 atom stereocenters. The standard InChI is InChI=1S/C14H18ClF2NO2S/c1-10-4-6-14(9-15,7-5-10)18-21(19,20)13-3-2-11(16)8-12(13)17/h2-3,8,10,18H,4-7,9H2,1H3. The van der Waals surface area contributed by atoms with E-state index in [9.17, 15) is 17.2 Å². The summed E-state index contributed by atoms with van der Waals surface area (Å²) in [5.74, 6) is -1.27. The van der Waals surface area contributed by atoms with Crippen molar-refractivity contribution in [2.75, 3.05) is 5.88 Å². The van der Waals surface area contributed by atoms with Crippen LogP contribution in [-0.4, -0.2) is 19.8 Å². The van der Waals surface area contributed by atoms with E-state index in [2.05, 4.69) is 11.6 Å². The molecule has 21 heavy (non-hydrogen) atoms. The molecule has 1 aliphatic rings. The highest BCUT2D eigenvalue weighted by molar-refractivity contribution is 7.89. The molecule has 1 aromatic rings. The number of nitrogens with one attached hydrogen (secondary N) is 1. The van der Waals surface area contributed by atoms with Gasteiger partial charge in [-0.25, -0.2) is 21.9 Å². The Kier molecular flexibility index (Phi) is 4.90. The highest BCUT2D eigenvalue weighted by atomic mass is 35.5. The van der Waals surface area contributed by atoms with E-state index in [1.54, 1.807) is 0 Å². The minimum atomic E-state index is -4.07. The molecule has 1 aromatic carbocycles. The van der Waals surface area contributed by atoms with Gasteiger partial charge in [-0.1, -0.05) is 6.92 Å². The van der Waals surface area contributed by atoms with Gasteiger partial charge >= 0.3 is 0 Å². The Balaban J connectivity index is 2.27. The van der Waals surface area contributed by atoms with Gasteiger partial charge in [0.1, 0.15) is 16.5 Å². The maximum Gasteiger partial charge on any atom is 0.244 e. The van der Waals surface area contributed by atoms with Crippen molar-refractivity contribution in [2.45, 2.75) is 43.0 Å². The Morgan fingerprint density at radius 2 is 1.95 bits per heavy atom. The third-order valence-corrected chi connectivity index (χ3v) is 6.14. The van der Waals surface area contributed by atoms with Crippen molar-refractivity contribution in [1.82, 2.24) is 4.72 Å². The SMILES string of the molecule is CC1CCC(CCl)(NS(=O)(=O)c2ccc(F)cc2F)CC1. The zero-order chi connectivity index (χ0) is 15.7. The Labute approximate surface area is 128 Å². The van der Waals surface area contributed by atoms with Crippen LogP contribution in [0.15, 0.2) is 23.1 Å². The van der Waals surface area contributed by atoms with E-state index in [1.807, 2.05) is 0 Å². The molecule has 0 bridgehead atoms. The van der Waals surface area contributed by atoms with E-state index in [1.165, 1.54) is 0 Å². The van der Waals surface area contributed by atoms with Crippen LogP contribution < -0.4 is 4.72 Å². The van der Waals surface area contributed by atoms with Gasteiger partial charge in [0, 0.05) is 17.5 Å². The molecule has 2 rings (SSSR count). The van der Waals surface area contributed by atoms with E-state index >= 15 is 0 Å². The lowest BCUT2D eigenvalue weighted by atomic mass is 9.79. The lowest BCUT2D eigenvalue weighted by Gasteiger charge is -2.38. The van der Waals surface area contributed by atoms with Crippen LogP contribution in [0, 0.1) is 17.6 Å². The zero-order valence-corrected chi connectivity index (χ0v) is 13.3. The number of alkyl halides is 1.